The van der Waals surface area contributed by atoms with Crippen molar-refractivity contribution in [3.05, 3.63) is 48.0 Å². The maximum Gasteiger partial charge on any atom is 0.243 e. The van der Waals surface area contributed by atoms with E-state index in [1.807, 2.05) is 24.3 Å². The first kappa shape index (κ1) is 15.3. The molecule has 1 saturated heterocycles. The standard InChI is InChI=1S/C16H20N2O3/c1-3-15(19)17-9-13-7-5-4-6-12(13)8-16(20)18-10-14(11-18)21-2/h3-7,14H,1,8-11H2,2H3,(H,17,19). The van der Waals surface area contributed by atoms with Crippen molar-refractivity contribution in [3.8, 4) is 0 Å². The van der Waals surface area contributed by atoms with Gasteiger partial charge < -0.3 is 15.0 Å². The summed E-state index contributed by atoms with van der Waals surface area (Å²) in [5.74, 6) is -0.132. The Labute approximate surface area is 124 Å². The molecule has 1 heterocycles. The van der Waals surface area contributed by atoms with Gasteiger partial charge in [0.2, 0.25) is 11.8 Å². The number of hydrogen-bond acceptors (Lipinski definition) is 3. The number of nitrogens with one attached hydrogen (secondary N) is 1. The molecule has 0 bridgehead atoms. The third kappa shape index (κ3) is 3.92. The van der Waals surface area contributed by atoms with Gasteiger partial charge in [0.25, 0.3) is 0 Å². The van der Waals surface area contributed by atoms with Crippen LogP contribution in [0, 0.1) is 0 Å². The molecule has 2 rings (SSSR count). The molecular formula is C16H20N2O3. The lowest BCUT2D eigenvalue weighted by Gasteiger charge is -2.38. The third-order valence-electron chi connectivity index (χ3n) is 3.63. The molecular weight excluding hydrogens is 268 g/mol. The lowest BCUT2D eigenvalue weighted by Crippen LogP contribution is -2.54. The maximum atomic E-state index is 12.2. The van der Waals surface area contributed by atoms with Crippen LogP contribution in [-0.2, 0) is 27.3 Å². The van der Waals surface area contributed by atoms with Crippen LogP contribution in [0.3, 0.4) is 0 Å². The minimum atomic E-state index is -0.221. The summed E-state index contributed by atoms with van der Waals surface area (Å²) in [5, 5.41) is 2.73. The van der Waals surface area contributed by atoms with Gasteiger partial charge in [0.15, 0.2) is 0 Å². The quantitative estimate of drug-likeness (QED) is 0.791. The zero-order chi connectivity index (χ0) is 15.2. The van der Waals surface area contributed by atoms with E-state index in [9.17, 15) is 9.59 Å². The Morgan fingerprint density at radius 2 is 2.05 bits per heavy atom. The van der Waals surface area contributed by atoms with Crippen molar-refractivity contribution in [2.45, 2.75) is 19.1 Å². The van der Waals surface area contributed by atoms with Gasteiger partial charge >= 0.3 is 0 Å². The number of rotatable bonds is 6. The van der Waals surface area contributed by atoms with E-state index in [-0.39, 0.29) is 17.9 Å². The Morgan fingerprint density at radius 1 is 1.38 bits per heavy atom. The van der Waals surface area contributed by atoms with Gasteiger partial charge in [0.05, 0.1) is 12.5 Å². The molecule has 5 nitrogen and oxygen atoms in total. The highest BCUT2D eigenvalue weighted by molar-refractivity contribution is 5.86. The van der Waals surface area contributed by atoms with E-state index < -0.39 is 0 Å². The molecule has 0 radical (unpaired) electrons. The molecule has 1 aromatic carbocycles. The Kier molecular flexibility index (Phi) is 5.11. The van der Waals surface area contributed by atoms with E-state index in [1.165, 1.54) is 6.08 Å². The van der Waals surface area contributed by atoms with Crippen LogP contribution < -0.4 is 5.32 Å². The van der Waals surface area contributed by atoms with Crippen LogP contribution in [0.1, 0.15) is 11.1 Å². The van der Waals surface area contributed by atoms with E-state index in [0.29, 0.717) is 26.1 Å². The summed E-state index contributed by atoms with van der Waals surface area (Å²) in [5.41, 5.74) is 1.89. The molecule has 0 aliphatic carbocycles. The van der Waals surface area contributed by atoms with Crippen LogP contribution >= 0.6 is 0 Å². The minimum Gasteiger partial charge on any atom is -0.378 e. The highest BCUT2D eigenvalue weighted by atomic mass is 16.5. The second-order valence-corrected chi connectivity index (χ2v) is 5.02. The van der Waals surface area contributed by atoms with Crippen LogP contribution in [-0.4, -0.2) is 43.0 Å². The number of benzene rings is 1. The molecule has 0 aromatic heterocycles. The number of ether oxygens (including phenoxy) is 1. The summed E-state index contributed by atoms with van der Waals surface area (Å²) in [6.45, 7) is 5.13. The second-order valence-electron chi connectivity index (χ2n) is 5.02. The van der Waals surface area contributed by atoms with Gasteiger partial charge in [-0.2, -0.15) is 0 Å². The number of carbonyl (C=O) groups excluding carboxylic acids is 2. The molecule has 5 heteroatoms. The summed E-state index contributed by atoms with van der Waals surface area (Å²) in [4.78, 5) is 25.2. The highest BCUT2D eigenvalue weighted by Crippen LogP contribution is 2.15. The predicted molar refractivity (Wildman–Crippen MR) is 79.6 cm³/mol. The first-order valence-electron chi connectivity index (χ1n) is 6.91. The van der Waals surface area contributed by atoms with Crippen molar-refractivity contribution < 1.29 is 14.3 Å². The zero-order valence-electron chi connectivity index (χ0n) is 12.2. The summed E-state index contributed by atoms with van der Waals surface area (Å²) in [6, 6.07) is 7.63. The molecule has 1 aliphatic heterocycles. The molecule has 1 aliphatic rings. The van der Waals surface area contributed by atoms with E-state index in [1.54, 1.807) is 12.0 Å². The molecule has 0 atom stereocenters. The summed E-state index contributed by atoms with van der Waals surface area (Å²) in [6.07, 6.45) is 1.74. The van der Waals surface area contributed by atoms with Crippen molar-refractivity contribution in [1.29, 1.82) is 0 Å². The minimum absolute atomic E-state index is 0.0887. The van der Waals surface area contributed by atoms with Gasteiger partial charge in [-0.25, -0.2) is 0 Å². The average Bonchev–Trinajstić information content (AvgIpc) is 2.45. The number of methoxy groups -OCH3 is 1. The van der Waals surface area contributed by atoms with Gasteiger partial charge in [-0.15, -0.1) is 0 Å². The smallest absolute Gasteiger partial charge is 0.243 e. The predicted octanol–water partition coefficient (Wildman–Crippen LogP) is 0.888. The van der Waals surface area contributed by atoms with Gasteiger partial charge in [-0.3, -0.25) is 9.59 Å². The summed E-state index contributed by atoms with van der Waals surface area (Å²) in [7, 11) is 1.66. The average molecular weight is 288 g/mol. The Hall–Kier alpha value is -2.14. The normalized spacial score (nSPS) is 14.4. The number of nitrogens with zero attached hydrogens (tertiary/aromatic N) is 1. The summed E-state index contributed by atoms with van der Waals surface area (Å²) < 4.78 is 5.17. The Bertz CT molecular complexity index is 536. The van der Waals surface area contributed by atoms with Gasteiger partial charge in [-0.1, -0.05) is 30.8 Å². The van der Waals surface area contributed by atoms with E-state index in [2.05, 4.69) is 11.9 Å². The van der Waals surface area contributed by atoms with Crippen molar-refractivity contribution in [2.75, 3.05) is 20.2 Å². The monoisotopic (exact) mass is 288 g/mol. The molecule has 21 heavy (non-hydrogen) atoms. The fourth-order valence-corrected chi connectivity index (χ4v) is 2.22. The van der Waals surface area contributed by atoms with Gasteiger partial charge in [-0.05, 0) is 17.2 Å². The number of hydrogen-bond donors (Lipinski definition) is 1. The topological polar surface area (TPSA) is 58.6 Å². The van der Waals surface area contributed by atoms with Gasteiger partial charge in [0.1, 0.15) is 0 Å². The van der Waals surface area contributed by atoms with Crippen molar-refractivity contribution in [1.82, 2.24) is 10.2 Å². The van der Waals surface area contributed by atoms with E-state index in [4.69, 9.17) is 4.74 Å². The highest BCUT2D eigenvalue weighted by Gasteiger charge is 2.30. The molecule has 112 valence electrons. The zero-order valence-corrected chi connectivity index (χ0v) is 12.2. The van der Waals surface area contributed by atoms with Crippen molar-refractivity contribution >= 4 is 11.8 Å². The Morgan fingerprint density at radius 3 is 2.67 bits per heavy atom. The number of amides is 2. The fourth-order valence-electron chi connectivity index (χ4n) is 2.22. The van der Waals surface area contributed by atoms with Crippen LogP contribution in [0.25, 0.3) is 0 Å². The first-order chi connectivity index (χ1) is 10.1. The molecule has 1 N–H and O–H groups in total. The Balaban J connectivity index is 1.95. The molecule has 1 fully saturated rings. The lowest BCUT2D eigenvalue weighted by atomic mass is 10.0. The van der Waals surface area contributed by atoms with Gasteiger partial charge in [0, 0.05) is 26.7 Å². The van der Waals surface area contributed by atoms with E-state index >= 15 is 0 Å². The lowest BCUT2D eigenvalue weighted by molar-refractivity contribution is -0.142. The SMILES string of the molecule is C=CC(=O)NCc1ccccc1CC(=O)N1CC(OC)C1. The molecule has 0 unspecified atom stereocenters. The third-order valence-corrected chi connectivity index (χ3v) is 3.63. The summed E-state index contributed by atoms with van der Waals surface area (Å²) >= 11 is 0. The molecule has 0 spiro atoms. The number of likely N-dealkylation sites (tertiary alicyclic amines) is 1. The maximum absolute atomic E-state index is 12.2. The van der Waals surface area contributed by atoms with Crippen LogP contribution in [0.15, 0.2) is 36.9 Å². The van der Waals surface area contributed by atoms with Crippen LogP contribution in [0.2, 0.25) is 0 Å². The molecule has 2 amide bonds. The fraction of sp³-hybridized carbons (Fsp3) is 0.375. The second kappa shape index (κ2) is 7.04. The molecule has 1 aromatic rings. The molecule has 0 saturated carbocycles. The van der Waals surface area contributed by atoms with E-state index in [0.717, 1.165) is 11.1 Å². The van der Waals surface area contributed by atoms with Crippen molar-refractivity contribution in [2.24, 2.45) is 0 Å². The van der Waals surface area contributed by atoms with Crippen molar-refractivity contribution in [3.63, 3.8) is 0 Å². The first-order valence-corrected chi connectivity index (χ1v) is 6.91. The van der Waals surface area contributed by atoms with Crippen LogP contribution in [0.5, 0.6) is 0 Å². The van der Waals surface area contributed by atoms with Crippen LogP contribution in [0.4, 0.5) is 0 Å². The largest absolute Gasteiger partial charge is 0.378 e. The number of carbonyl (C=O) groups is 2.